The number of fused-ring (bicyclic) bond motifs is 1. The molecule has 1 aromatic carbocycles. The van der Waals surface area contributed by atoms with Gasteiger partial charge in [0.1, 0.15) is 6.10 Å². The van der Waals surface area contributed by atoms with Crippen molar-refractivity contribution in [1.29, 1.82) is 0 Å². The number of rotatable bonds is 5. The fourth-order valence-electron chi connectivity index (χ4n) is 2.22. The summed E-state index contributed by atoms with van der Waals surface area (Å²) in [6.45, 7) is 2.25. The number of ether oxygens (including phenoxy) is 1. The quantitative estimate of drug-likeness (QED) is 0.648. The van der Waals surface area contributed by atoms with Crippen molar-refractivity contribution in [3.8, 4) is 0 Å². The highest BCUT2D eigenvalue weighted by atomic mass is 16.5. The van der Waals surface area contributed by atoms with Crippen LogP contribution >= 0.6 is 0 Å². The van der Waals surface area contributed by atoms with Crippen LogP contribution in [0.3, 0.4) is 0 Å². The Morgan fingerprint density at radius 2 is 2.00 bits per heavy atom. The summed E-state index contributed by atoms with van der Waals surface area (Å²) in [6, 6.07) is 8.53. The minimum Gasteiger partial charge on any atom is -0.493 e. The molecular formula is C15H20O. The Balaban J connectivity index is 1.94. The van der Waals surface area contributed by atoms with Crippen LogP contribution in [0.15, 0.2) is 30.5 Å². The maximum absolute atomic E-state index is 5.70. The summed E-state index contributed by atoms with van der Waals surface area (Å²) in [5.74, 6) is 0. The maximum Gasteiger partial charge on any atom is 0.123 e. The second kappa shape index (κ2) is 5.74. The standard InChI is InChI=1S/C15H20O/c1-2-3-4-5-10-15-14-9-7-6-8-13(14)11-12-16-15/h6-9,11-12,15H,2-5,10H2,1H3. The zero-order valence-corrected chi connectivity index (χ0v) is 9.99. The fraction of sp³-hybridized carbons (Fsp3) is 0.467. The normalized spacial score (nSPS) is 17.9. The smallest absolute Gasteiger partial charge is 0.123 e. The molecule has 0 saturated heterocycles. The van der Waals surface area contributed by atoms with E-state index in [1.165, 1.54) is 36.8 Å². The lowest BCUT2D eigenvalue weighted by atomic mass is 9.96. The molecule has 2 rings (SSSR count). The van der Waals surface area contributed by atoms with Gasteiger partial charge in [0.05, 0.1) is 6.26 Å². The minimum absolute atomic E-state index is 0.276. The third-order valence-electron chi connectivity index (χ3n) is 3.15. The Bertz CT molecular complexity index is 354. The molecule has 0 N–H and O–H groups in total. The minimum atomic E-state index is 0.276. The van der Waals surface area contributed by atoms with Crippen molar-refractivity contribution in [1.82, 2.24) is 0 Å². The molecule has 1 aromatic rings. The van der Waals surface area contributed by atoms with E-state index in [1.54, 1.807) is 0 Å². The predicted molar refractivity (Wildman–Crippen MR) is 68.1 cm³/mol. The Morgan fingerprint density at radius 3 is 2.88 bits per heavy atom. The van der Waals surface area contributed by atoms with Gasteiger partial charge < -0.3 is 4.74 Å². The van der Waals surface area contributed by atoms with Crippen molar-refractivity contribution in [2.24, 2.45) is 0 Å². The molecule has 0 radical (unpaired) electrons. The maximum atomic E-state index is 5.70. The van der Waals surface area contributed by atoms with Gasteiger partial charge in [-0.2, -0.15) is 0 Å². The van der Waals surface area contributed by atoms with Crippen molar-refractivity contribution in [2.45, 2.75) is 45.1 Å². The van der Waals surface area contributed by atoms with Gasteiger partial charge in [0.2, 0.25) is 0 Å². The molecule has 1 atom stereocenters. The highest BCUT2D eigenvalue weighted by Gasteiger charge is 2.16. The first kappa shape index (κ1) is 11.3. The van der Waals surface area contributed by atoms with Crippen LogP contribution in [0.25, 0.3) is 6.08 Å². The van der Waals surface area contributed by atoms with Gasteiger partial charge in [-0.3, -0.25) is 0 Å². The van der Waals surface area contributed by atoms with Gasteiger partial charge in [-0.1, -0.05) is 50.5 Å². The first-order valence-corrected chi connectivity index (χ1v) is 6.32. The topological polar surface area (TPSA) is 9.23 Å². The van der Waals surface area contributed by atoms with E-state index >= 15 is 0 Å². The average molecular weight is 216 g/mol. The Hall–Kier alpha value is -1.24. The third kappa shape index (κ3) is 2.66. The van der Waals surface area contributed by atoms with E-state index < -0.39 is 0 Å². The lowest BCUT2D eigenvalue weighted by molar-refractivity contribution is 0.131. The Labute approximate surface area is 98.1 Å². The van der Waals surface area contributed by atoms with E-state index in [9.17, 15) is 0 Å². The van der Waals surface area contributed by atoms with Gasteiger partial charge in [0.25, 0.3) is 0 Å². The molecule has 0 aliphatic carbocycles. The van der Waals surface area contributed by atoms with E-state index in [0.717, 1.165) is 6.42 Å². The summed E-state index contributed by atoms with van der Waals surface area (Å²) in [5, 5.41) is 0. The van der Waals surface area contributed by atoms with Crippen LogP contribution < -0.4 is 0 Å². The van der Waals surface area contributed by atoms with Gasteiger partial charge in [0, 0.05) is 0 Å². The molecular weight excluding hydrogens is 196 g/mol. The second-order valence-electron chi connectivity index (χ2n) is 4.41. The first-order valence-electron chi connectivity index (χ1n) is 6.32. The summed E-state index contributed by atoms with van der Waals surface area (Å²) < 4.78 is 5.70. The monoisotopic (exact) mass is 216 g/mol. The van der Waals surface area contributed by atoms with Gasteiger partial charge in [-0.05, 0) is 30.0 Å². The lowest BCUT2D eigenvalue weighted by Crippen LogP contribution is -2.06. The lowest BCUT2D eigenvalue weighted by Gasteiger charge is -2.22. The van der Waals surface area contributed by atoms with Gasteiger partial charge in [-0.15, -0.1) is 0 Å². The second-order valence-corrected chi connectivity index (χ2v) is 4.41. The van der Waals surface area contributed by atoms with Crippen LogP contribution in [-0.2, 0) is 4.74 Å². The van der Waals surface area contributed by atoms with Crippen LogP contribution in [0.5, 0.6) is 0 Å². The van der Waals surface area contributed by atoms with Crippen LogP contribution in [-0.4, -0.2) is 0 Å². The van der Waals surface area contributed by atoms with Gasteiger partial charge in [-0.25, -0.2) is 0 Å². The summed E-state index contributed by atoms with van der Waals surface area (Å²) in [4.78, 5) is 0. The zero-order chi connectivity index (χ0) is 11.2. The molecule has 1 aliphatic rings. The molecule has 0 bridgehead atoms. The molecule has 0 amide bonds. The van der Waals surface area contributed by atoms with Crippen molar-refractivity contribution in [2.75, 3.05) is 0 Å². The molecule has 0 fully saturated rings. The summed E-state index contributed by atoms with van der Waals surface area (Å²) in [5.41, 5.74) is 2.66. The number of hydrogen-bond acceptors (Lipinski definition) is 1. The molecule has 1 unspecified atom stereocenters. The number of hydrogen-bond donors (Lipinski definition) is 0. The van der Waals surface area contributed by atoms with Gasteiger partial charge >= 0.3 is 0 Å². The van der Waals surface area contributed by atoms with Crippen molar-refractivity contribution in [3.05, 3.63) is 41.7 Å². The summed E-state index contributed by atoms with van der Waals surface area (Å²) >= 11 is 0. The van der Waals surface area contributed by atoms with Crippen molar-refractivity contribution in [3.63, 3.8) is 0 Å². The number of benzene rings is 1. The largest absolute Gasteiger partial charge is 0.493 e. The molecule has 16 heavy (non-hydrogen) atoms. The highest BCUT2D eigenvalue weighted by Crippen LogP contribution is 2.31. The average Bonchev–Trinajstić information content (AvgIpc) is 2.35. The SMILES string of the molecule is CCCCCCC1OC=Cc2ccccc21. The molecule has 1 nitrogen and oxygen atoms in total. The molecule has 0 spiro atoms. The fourth-order valence-corrected chi connectivity index (χ4v) is 2.22. The van der Waals surface area contributed by atoms with Crippen LogP contribution in [0.2, 0.25) is 0 Å². The van der Waals surface area contributed by atoms with Crippen molar-refractivity contribution < 1.29 is 4.74 Å². The van der Waals surface area contributed by atoms with E-state index in [0.29, 0.717) is 0 Å². The molecule has 86 valence electrons. The van der Waals surface area contributed by atoms with Gasteiger partial charge in [0.15, 0.2) is 0 Å². The van der Waals surface area contributed by atoms with E-state index in [4.69, 9.17) is 4.74 Å². The Morgan fingerprint density at radius 1 is 1.12 bits per heavy atom. The Kier molecular flexibility index (Phi) is 4.03. The van der Waals surface area contributed by atoms with Crippen LogP contribution in [0, 0.1) is 0 Å². The van der Waals surface area contributed by atoms with Crippen LogP contribution in [0.4, 0.5) is 0 Å². The molecule has 1 heterocycles. The number of unbranched alkanes of at least 4 members (excludes halogenated alkanes) is 3. The first-order chi connectivity index (χ1) is 7.92. The van der Waals surface area contributed by atoms with E-state index in [-0.39, 0.29) is 6.10 Å². The molecule has 0 saturated carbocycles. The highest BCUT2D eigenvalue weighted by molar-refractivity contribution is 5.55. The molecule has 1 aliphatic heterocycles. The molecule has 1 heteroatoms. The predicted octanol–water partition coefficient (Wildman–Crippen LogP) is 4.70. The van der Waals surface area contributed by atoms with Crippen LogP contribution in [0.1, 0.15) is 56.3 Å². The third-order valence-corrected chi connectivity index (χ3v) is 3.15. The van der Waals surface area contributed by atoms with E-state index in [2.05, 4.69) is 37.3 Å². The summed E-state index contributed by atoms with van der Waals surface area (Å²) in [7, 11) is 0. The van der Waals surface area contributed by atoms with Crippen molar-refractivity contribution >= 4 is 6.08 Å². The van der Waals surface area contributed by atoms with E-state index in [1.807, 2.05) is 6.26 Å². The summed E-state index contributed by atoms with van der Waals surface area (Å²) in [6.07, 6.45) is 10.5. The zero-order valence-electron chi connectivity index (χ0n) is 9.99. The molecule has 0 aromatic heterocycles.